The van der Waals surface area contributed by atoms with Crippen molar-refractivity contribution in [1.29, 1.82) is 0 Å². The summed E-state index contributed by atoms with van der Waals surface area (Å²) in [5, 5.41) is 1.39. The van der Waals surface area contributed by atoms with Crippen LogP contribution in [0.2, 0.25) is 0 Å². The van der Waals surface area contributed by atoms with Crippen LogP contribution in [-0.4, -0.2) is 29.4 Å². The van der Waals surface area contributed by atoms with Crippen LogP contribution in [0.3, 0.4) is 0 Å². The van der Waals surface area contributed by atoms with E-state index in [1.807, 2.05) is 42.5 Å². The Bertz CT molecular complexity index is 996. The fourth-order valence-corrected chi connectivity index (χ4v) is 4.27. The fraction of sp³-hybridized carbons (Fsp3) is 0.333. The van der Waals surface area contributed by atoms with Crippen LogP contribution in [0, 0.1) is 0 Å². The molecule has 0 bridgehead atoms. The number of nitrogens with zero attached hydrogens (tertiary/aromatic N) is 2. The Morgan fingerprint density at radius 3 is 2.96 bits per heavy atom. The monoisotopic (exact) mass is 382 g/mol. The van der Waals surface area contributed by atoms with Crippen LogP contribution < -0.4 is 10.3 Å². The summed E-state index contributed by atoms with van der Waals surface area (Å²) in [5.41, 5.74) is 1.87. The predicted molar refractivity (Wildman–Crippen MR) is 108 cm³/mol. The highest BCUT2D eigenvalue weighted by molar-refractivity contribution is 7.98. The number of hydrogen-bond acceptors (Lipinski definition) is 5. The van der Waals surface area contributed by atoms with Gasteiger partial charge < -0.3 is 9.47 Å². The van der Waals surface area contributed by atoms with E-state index < -0.39 is 0 Å². The zero-order chi connectivity index (χ0) is 18.6. The molecule has 0 aliphatic carbocycles. The number of hydrogen-bond donors (Lipinski definition) is 0. The molecular formula is C21H22N2O3S. The van der Waals surface area contributed by atoms with Gasteiger partial charge in [0.2, 0.25) is 0 Å². The largest absolute Gasteiger partial charge is 0.497 e. The van der Waals surface area contributed by atoms with Gasteiger partial charge in [0.1, 0.15) is 5.75 Å². The molecule has 0 saturated carbocycles. The Morgan fingerprint density at radius 2 is 2.15 bits per heavy atom. The first kappa shape index (κ1) is 18.1. The van der Waals surface area contributed by atoms with Crippen LogP contribution in [0.4, 0.5) is 0 Å². The van der Waals surface area contributed by atoms with Gasteiger partial charge in [0.15, 0.2) is 5.16 Å². The Labute approximate surface area is 162 Å². The van der Waals surface area contributed by atoms with E-state index in [0.717, 1.165) is 41.4 Å². The molecule has 1 aromatic heterocycles. The van der Waals surface area contributed by atoms with Crippen molar-refractivity contribution in [1.82, 2.24) is 9.55 Å². The second-order valence-corrected chi connectivity index (χ2v) is 7.55. The normalized spacial score (nSPS) is 16.7. The lowest BCUT2D eigenvalue weighted by Gasteiger charge is -2.16. The summed E-state index contributed by atoms with van der Waals surface area (Å²) in [4.78, 5) is 17.9. The molecule has 27 heavy (non-hydrogen) atoms. The molecule has 1 aliphatic heterocycles. The van der Waals surface area contributed by atoms with E-state index >= 15 is 0 Å². The van der Waals surface area contributed by atoms with E-state index in [1.54, 1.807) is 23.4 Å². The molecule has 5 nitrogen and oxygen atoms in total. The molecule has 0 unspecified atom stereocenters. The maximum Gasteiger partial charge on any atom is 0.262 e. The molecule has 0 radical (unpaired) electrons. The molecular weight excluding hydrogens is 360 g/mol. The lowest BCUT2D eigenvalue weighted by molar-refractivity contribution is 0.0937. The van der Waals surface area contributed by atoms with Gasteiger partial charge in [-0.25, -0.2) is 4.98 Å². The first-order valence-corrected chi connectivity index (χ1v) is 10.1. The number of fused-ring (bicyclic) bond motifs is 1. The molecule has 0 spiro atoms. The highest BCUT2D eigenvalue weighted by atomic mass is 32.2. The van der Waals surface area contributed by atoms with E-state index in [2.05, 4.69) is 6.07 Å². The third kappa shape index (κ3) is 4.01. The van der Waals surface area contributed by atoms with Crippen molar-refractivity contribution < 1.29 is 9.47 Å². The van der Waals surface area contributed by atoms with Crippen LogP contribution in [-0.2, 0) is 17.0 Å². The molecule has 1 atom stereocenters. The van der Waals surface area contributed by atoms with Gasteiger partial charge in [0.25, 0.3) is 5.56 Å². The van der Waals surface area contributed by atoms with Gasteiger partial charge in [-0.1, -0.05) is 36.0 Å². The molecule has 0 amide bonds. The van der Waals surface area contributed by atoms with E-state index in [-0.39, 0.29) is 11.7 Å². The van der Waals surface area contributed by atoms with Crippen molar-refractivity contribution in [2.45, 2.75) is 36.4 Å². The molecule has 140 valence electrons. The standard InChI is InChI=1S/C21H22N2O3S/c1-25-16-7-4-6-15(12-16)14-27-21-22-19-10-3-2-9-18(19)20(24)23(21)13-17-8-5-11-26-17/h2-4,6-7,9-10,12,17H,5,8,11,13-14H2,1H3/t17-/m1/s1. The van der Waals surface area contributed by atoms with Crippen LogP contribution in [0.1, 0.15) is 18.4 Å². The second kappa shape index (κ2) is 8.15. The molecule has 1 saturated heterocycles. The van der Waals surface area contributed by atoms with E-state index in [9.17, 15) is 4.79 Å². The minimum atomic E-state index is 0.00393. The summed E-state index contributed by atoms with van der Waals surface area (Å²) in [6.07, 6.45) is 2.12. The van der Waals surface area contributed by atoms with Gasteiger partial charge in [-0.2, -0.15) is 0 Å². The van der Waals surface area contributed by atoms with Crippen molar-refractivity contribution in [2.24, 2.45) is 0 Å². The number of ether oxygens (including phenoxy) is 2. The third-order valence-electron chi connectivity index (χ3n) is 4.74. The van der Waals surface area contributed by atoms with E-state index in [4.69, 9.17) is 14.5 Å². The molecule has 1 aliphatic rings. The average molecular weight is 382 g/mol. The lowest BCUT2D eigenvalue weighted by Crippen LogP contribution is -2.28. The molecule has 2 aromatic carbocycles. The quantitative estimate of drug-likeness (QED) is 0.478. The van der Waals surface area contributed by atoms with Gasteiger partial charge in [0, 0.05) is 12.4 Å². The maximum absolute atomic E-state index is 13.1. The smallest absolute Gasteiger partial charge is 0.262 e. The summed E-state index contributed by atoms with van der Waals surface area (Å²) in [6.45, 7) is 1.32. The molecule has 0 N–H and O–H groups in total. The lowest BCUT2D eigenvalue weighted by atomic mass is 10.2. The van der Waals surface area contributed by atoms with Crippen molar-refractivity contribution >= 4 is 22.7 Å². The summed E-state index contributed by atoms with van der Waals surface area (Å²) >= 11 is 1.57. The number of para-hydroxylation sites is 1. The zero-order valence-corrected chi connectivity index (χ0v) is 16.1. The summed E-state index contributed by atoms with van der Waals surface area (Å²) in [5.74, 6) is 1.55. The van der Waals surface area contributed by atoms with Gasteiger partial charge in [-0.3, -0.25) is 9.36 Å². The van der Waals surface area contributed by atoms with Gasteiger partial charge in [0.05, 0.1) is 30.7 Å². The van der Waals surface area contributed by atoms with Crippen molar-refractivity contribution in [3.8, 4) is 5.75 Å². The van der Waals surface area contributed by atoms with Gasteiger partial charge >= 0.3 is 0 Å². The first-order valence-electron chi connectivity index (χ1n) is 9.11. The number of benzene rings is 2. The van der Waals surface area contributed by atoms with Crippen molar-refractivity contribution in [3.05, 3.63) is 64.4 Å². The topological polar surface area (TPSA) is 53.3 Å². The Balaban J connectivity index is 1.67. The van der Waals surface area contributed by atoms with Crippen LogP contribution in [0.25, 0.3) is 10.9 Å². The Kier molecular flexibility index (Phi) is 5.45. The number of thioether (sulfide) groups is 1. The van der Waals surface area contributed by atoms with Gasteiger partial charge in [-0.15, -0.1) is 0 Å². The zero-order valence-electron chi connectivity index (χ0n) is 15.3. The molecule has 4 rings (SSSR count). The average Bonchev–Trinajstić information content (AvgIpc) is 3.22. The Hall–Kier alpha value is -2.31. The van der Waals surface area contributed by atoms with Gasteiger partial charge in [-0.05, 0) is 42.7 Å². The summed E-state index contributed by atoms with van der Waals surface area (Å²) in [6, 6.07) is 15.5. The SMILES string of the molecule is COc1cccc(CSc2nc3ccccc3c(=O)n2C[C@H]2CCCO2)c1. The number of rotatable bonds is 6. The predicted octanol–water partition coefficient (Wildman–Crippen LogP) is 3.88. The molecule has 1 fully saturated rings. The molecule has 3 aromatic rings. The van der Waals surface area contributed by atoms with Crippen molar-refractivity contribution in [2.75, 3.05) is 13.7 Å². The van der Waals surface area contributed by atoms with E-state index in [0.29, 0.717) is 17.7 Å². The maximum atomic E-state index is 13.1. The van der Waals surface area contributed by atoms with Crippen molar-refractivity contribution in [3.63, 3.8) is 0 Å². The fourth-order valence-electron chi connectivity index (χ4n) is 3.32. The van der Waals surface area contributed by atoms with Crippen LogP contribution in [0.15, 0.2) is 58.5 Å². The third-order valence-corrected chi connectivity index (χ3v) is 5.79. The van der Waals surface area contributed by atoms with E-state index in [1.165, 1.54) is 0 Å². The minimum Gasteiger partial charge on any atom is -0.497 e. The second-order valence-electron chi connectivity index (χ2n) is 6.60. The molecule has 6 heteroatoms. The molecule has 2 heterocycles. The highest BCUT2D eigenvalue weighted by Gasteiger charge is 2.20. The highest BCUT2D eigenvalue weighted by Crippen LogP contribution is 2.25. The summed E-state index contributed by atoms with van der Waals surface area (Å²) < 4.78 is 12.8. The van der Waals surface area contributed by atoms with Crippen LogP contribution >= 0.6 is 11.8 Å². The first-order chi connectivity index (χ1) is 13.2. The van der Waals surface area contributed by atoms with Crippen LogP contribution in [0.5, 0.6) is 5.75 Å². The Morgan fingerprint density at radius 1 is 1.26 bits per heavy atom. The summed E-state index contributed by atoms with van der Waals surface area (Å²) in [7, 11) is 1.66. The minimum absolute atomic E-state index is 0.00393. The number of methoxy groups -OCH3 is 1. The number of aromatic nitrogens is 2.